The van der Waals surface area contributed by atoms with Gasteiger partial charge < -0.3 is 10.5 Å². The Kier molecular flexibility index (Phi) is 4.29. The Morgan fingerprint density at radius 1 is 1.35 bits per heavy atom. The van der Waals surface area contributed by atoms with Gasteiger partial charge in [0, 0.05) is 12.5 Å². The summed E-state index contributed by atoms with van der Waals surface area (Å²) in [5.74, 6) is 0.642. The molecule has 1 unspecified atom stereocenters. The zero-order valence-electron chi connectivity index (χ0n) is 11.0. The molecule has 0 spiro atoms. The second-order valence-corrected chi connectivity index (χ2v) is 5.30. The number of ketones is 1. The summed E-state index contributed by atoms with van der Waals surface area (Å²) < 4.78 is 5.17. The van der Waals surface area contributed by atoms with Crippen molar-refractivity contribution >= 4 is 5.78 Å². The number of hydrogen-bond donors (Lipinski definition) is 1. The second-order valence-electron chi connectivity index (χ2n) is 5.30. The lowest BCUT2D eigenvalue weighted by molar-refractivity contribution is 0.0950. The maximum Gasteiger partial charge on any atom is 0.168 e. The largest absolute Gasteiger partial charge is 0.496 e. The molecule has 0 bridgehead atoms. The minimum Gasteiger partial charge on any atom is -0.496 e. The number of Topliss-reactive ketones (excluding diaryl/α,β-unsaturated/α-hetero) is 1. The van der Waals surface area contributed by atoms with Crippen LogP contribution in [0.2, 0.25) is 0 Å². The fourth-order valence-electron chi connectivity index (χ4n) is 1.49. The number of hydrogen-bond acceptors (Lipinski definition) is 3. The predicted octanol–water partition coefficient (Wildman–Crippen LogP) is 2.64. The summed E-state index contributed by atoms with van der Waals surface area (Å²) in [5.41, 5.74) is 6.55. The van der Waals surface area contributed by atoms with Gasteiger partial charge >= 0.3 is 0 Å². The van der Waals surface area contributed by atoms with Crippen LogP contribution in [0.4, 0.5) is 0 Å². The van der Waals surface area contributed by atoms with E-state index in [1.54, 1.807) is 19.2 Å². The predicted molar refractivity (Wildman–Crippen MR) is 69.4 cm³/mol. The van der Waals surface area contributed by atoms with E-state index in [1.807, 2.05) is 32.9 Å². The summed E-state index contributed by atoms with van der Waals surface area (Å²) in [6.45, 7) is 6.10. The van der Waals surface area contributed by atoms with E-state index >= 15 is 0 Å². The van der Waals surface area contributed by atoms with Crippen LogP contribution in [-0.2, 0) is 0 Å². The van der Waals surface area contributed by atoms with Gasteiger partial charge in [-0.05, 0) is 17.5 Å². The summed E-state index contributed by atoms with van der Waals surface area (Å²) >= 11 is 0. The van der Waals surface area contributed by atoms with E-state index in [1.165, 1.54) is 0 Å². The van der Waals surface area contributed by atoms with Gasteiger partial charge in [0.2, 0.25) is 0 Å². The van der Waals surface area contributed by atoms with Crippen LogP contribution in [0.25, 0.3) is 0 Å². The highest BCUT2D eigenvalue weighted by Crippen LogP contribution is 2.24. The van der Waals surface area contributed by atoms with E-state index in [0.29, 0.717) is 17.7 Å². The van der Waals surface area contributed by atoms with Crippen molar-refractivity contribution in [2.75, 3.05) is 7.11 Å². The third-order valence-electron chi connectivity index (χ3n) is 2.93. The number of methoxy groups -OCH3 is 1. The fourth-order valence-corrected chi connectivity index (χ4v) is 1.49. The molecule has 0 saturated heterocycles. The Morgan fingerprint density at radius 3 is 2.47 bits per heavy atom. The molecule has 1 aromatic carbocycles. The van der Waals surface area contributed by atoms with Crippen LogP contribution in [0.1, 0.15) is 37.6 Å². The van der Waals surface area contributed by atoms with Crippen LogP contribution < -0.4 is 10.5 Å². The van der Waals surface area contributed by atoms with Crippen molar-refractivity contribution in [2.45, 2.75) is 33.2 Å². The first-order valence-electron chi connectivity index (χ1n) is 5.78. The molecule has 1 rings (SSSR count). The monoisotopic (exact) mass is 235 g/mol. The summed E-state index contributed by atoms with van der Waals surface area (Å²) in [6, 6.07) is 7.09. The summed E-state index contributed by atoms with van der Waals surface area (Å²) in [4.78, 5) is 12.1. The molecule has 1 atom stereocenters. The second kappa shape index (κ2) is 5.32. The van der Waals surface area contributed by atoms with Crippen LogP contribution in [-0.4, -0.2) is 18.9 Å². The highest BCUT2D eigenvalue weighted by Gasteiger charge is 2.24. The first kappa shape index (κ1) is 13.7. The topological polar surface area (TPSA) is 52.3 Å². The molecule has 2 N–H and O–H groups in total. The average molecular weight is 235 g/mol. The van der Waals surface area contributed by atoms with Gasteiger partial charge in [-0.25, -0.2) is 0 Å². The van der Waals surface area contributed by atoms with Crippen LogP contribution in [0.5, 0.6) is 5.75 Å². The van der Waals surface area contributed by atoms with Gasteiger partial charge in [-0.1, -0.05) is 32.9 Å². The maximum absolute atomic E-state index is 12.1. The van der Waals surface area contributed by atoms with Gasteiger partial charge in [0.05, 0.1) is 12.7 Å². The average Bonchev–Trinajstić information content (AvgIpc) is 2.27. The van der Waals surface area contributed by atoms with Crippen molar-refractivity contribution in [3.05, 3.63) is 29.8 Å². The molecular weight excluding hydrogens is 214 g/mol. The maximum atomic E-state index is 12.1. The lowest BCUT2D eigenvalue weighted by atomic mass is 9.83. The molecule has 94 valence electrons. The third kappa shape index (κ3) is 3.56. The van der Waals surface area contributed by atoms with Gasteiger partial charge in [-0.2, -0.15) is 0 Å². The van der Waals surface area contributed by atoms with E-state index in [2.05, 4.69) is 0 Å². The molecule has 3 heteroatoms. The molecular formula is C14H21NO2. The molecule has 3 nitrogen and oxygen atoms in total. The molecule has 17 heavy (non-hydrogen) atoms. The fraction of sp³-hybridized carbons (Fsp3) is 0.500. The first-order valence-corrected chi connectivity index (χ1v) is 5.78. The third-order valence-corrected chi connectivity index (χ3v) is 2.93. The standard InChI is InChI=1S/C14H21NO2/c1-14(2,3)13(15)9-11(16)10-7-5-6-8-12(10)17-4/h5-8,13H,9,15H2,1-4H3. The Bertz CT molecular complexity index is 393. The Hall–Kier alpha value is -1.35. The molecule has 0 saturated carbocycles. The molecule has 0 amide bonds. The summed E-state index contributed by atoms with van der Waals surface area (Å²) in [6.07, 6.45) is 0.337. The zero-order valence-corrected chi connectivity index (χ0v) is 11.0. The van der Waals surface area contributed by atoms with Gasteiger partial charge in [0.15, 0.2) is 5.78 Å². The van der Waals surface area contributed by atoms with E-state index in [0.717, 1.165) is 0 Å². The van der Waals surface area contributed by atoms with Gasteiger partial charge in [-0.15, -0.1) is 0 Å². The van der Waals surface area contributed by atoms with Gasteiger partial charge in [-0.3, -0.25) is 4.79 Å². The van der Waals surface area contributed by atoms with Crippen LogP contribution >= 0.6 is 0 Å². The molecule has 0 heterocycles. The first-order chi connectivity index (χ1) is 7.86. The SMILES string of the molecule is COc1ccccc1C(=O)CC(N)C(C)(C)C. The van der Waals surface area contributed by atoms with E-state index in [4.69, 9.17) is 10.5 Å². The molecule has 0 aliphatic heterocycles. The van der Waals surface area contributed by atoms with E-state index in [9.17, 15) is 4.79 Å². The van der Waals surface area contributed by atoms with Crippen LogP contribution in [0.15, 0.2) is 24.3 Å². The molecule has 0 radical (unpaired) electrons. The lowest BCUT2D eigenvalue weighted by Crippen LogP contribution is -2.37. The molecule has 0 aromatic heterocycles. The number of carbonyl (C=O) groups excluding carboxylic acids is 1. The lowest BCUT2D eigenvalue weighted by Gasteiger charge is -2.26. The van der Waals surface area contributed by atoms with Crippen molar-refractivity contribution in [3.63, 3.8) is 0 Å². The number of benzene rings is 1. The van der Waals surface area contributed by atoms with Crippen LogP contribution in [0, 0.1) is 5.41 Å². The minimum atomic E-state index is -0.153. The normalized spacial score (nSPS) is 13.2. The van der Waals surface area contributed by atoms with Crippen molar-refractivity contribution in [1.29, 1.82) is 0 Å². The van der Waals surface area contributed by atoms with Crippen molar-refractivity contribution in [2.24, 2.45) is 11.1 Å². The molecule has 0 aliphatic carbocycles. The van der Waals surface area contributed by atoms with Gasteiger partial charge in [0.1, 0.15) is 5.75 Å². The number of carbonyl (C=O) groups is 1. The zero-order chi connectivity index (χ0) is 13.1. The van der Waals surface area contributed by atoms with Crippen molar-refractivity contribution in [3.8, 4) is 5.75 Å². The highest BCUT2D eigenvalue weighted by molar-refractivity contribution is 5.99. The van der Waals surface area contributed by atoms with Gasteiger partial charge in [0.25, 0.3) is 0 Å². The van der Waals surface area contributed by atoms with Crippen molar-refractivity contribution < 1.29 is 9.53 Å². The van der Waals surface area contributed by atoms with E-state index in [-0.39, 0.29) is 17.2 Å². The Morgan fingerprint density at radius 2 is 1.94 bits per heavy atom. The quantitative estimate of drug-likeness (QED) is 0.816. The molecule has 0 aliphatic rings. The Balaban J connectivity index is 2.84. The molecule has 0 fully saturated rings. The Labute approximate surface area is 103 Å². The van der Waals surface area contributed by atoms with E-state index < -0.39 is 0 Å². The highest BCUT2D eigenvalue weighted by atomic mass is 16.5. The smallest absolute Gasteiger partial charge is 0.168 e. The number of ether oxygens (including phenoxy) is 1. The molecule has 1 aromatic rings. The number of rotatable bonds is 4. The van der Waals surface area contributed by atoms with Crippen molar-refractivity contribution in [1.82, 2.24) is 0 Å². The summed E-state index contributed by atoms with van der Waals surface area (Å²) in [7, 11) is 1.57. The summed E-state index contributed by atoms with van der Waals surface area (Å²) in [5, 5.41) is 0. The number of nitrogens with two attached hydrogens (primary N) is 1. The van der Waals surface area contributed by atoms with Crippen LogP contribution in [0.3, 0.4) is 0 Å². The minimum absolute atomic E-state index is 0.0323. The number of para-hydroxylation sites is 1.